The van der Waals surface area contributed by atoms with Crippen LogP contribution >= 0.6 is 23.4 Å². The fraction of sp³-hybridized carbons (Fsp3) is 0.190. The second-order valence-electron chi connectivity index (χ2n) is 6.13. The van der Waals surface area contributed by atoms with Crippen LogP contribution in [-0.4, -0.2) is 22.4 Å². The van der Waals surface area contributed by atoms with Gasteiger partial charge in [0, 0.05) is 28.4 Å². The number of ether oxygens (including phenoxy) is 1. The first kappa shape index (κ1) is 20.2. The van der Waals surface area contributed by atoms with Crippen molar-refractivity contribution < 1.29 is 9.53 Å². The van der Waals surface area contributed by atoms with Gasteiger partial charge < -0.3 is 4.74 Å². The minimum Gasteiger partial charge on any atom is -0.496 e. The molecule has 5 nitrogen and oxygen atoms in total. The molecule has 7 heteroatoms. The summed E-state index contributed by atoms with van der Waals surface area (Å²) in [4.78, 5) is 29.2. The van der Waals surface area contributed by atoms with E-state index in [0.717, 1.165) is 5.56 Å². The molecule has 0 saturated carbocycles. The first-order valence-electron chi connectivity index (χ1n) is 8.56. The Hall–Kier alpha value is -2.57. The van der Waals surface area contributed by atoms with Gasteiger partial charge in [0.1, 0.15) is 5.75 Å². The summed E-state index contributed by atoms with van der Waals surface area (Å²) in [5.41, 5.74) is 1.86. The van der Waals surface area contributed by atoms with E-state index in [1.807, 2.05) is 6.07 Å². The number of hydrogen-bond donors (Lipinski definition) is 0. The Morgan fingerprint density at radius 3 is 2.79 bits per heavy atom. The van der Waals surface area contributed by atoms with Gasteiger partial charge in [-0.2, -0.15) is 0 Å². The molecule has 0 saturated heterocycles. The number of hydrogen-bond acceptors (Lipinski definition) is 5. The van der Waals surface area contributed by atoms with E-state index in [9.17, 15) is 9.59 Å². The van der Waals surface area contributed by atoms with Gasteiger partial charge in [-0.3, -0.25) is 14.2 Å². The molecule has 1 aromatic heterocycles. The second-order valence-corrected chi connectivity index (χ2v) is 7.51. The van der Waals surface area contributed by atoms with Crippen LogP contribution in [0.15, 0.2) is 59.0 Å². The zero-order valence-corrected chi connectivity index (χ0v) is 17.1. The van der Waals surface area contributed by atoms with Gasteiger partial charge in [-0.25, -0.2) is 4.98 Å². The fourth-order valence-electron chi connectivity index (χ4n) is 2.83. The van der Waals surface area contributed by atoms with Gasteiger partial charge >= 0.3 is 0 Å². The number of methoxy groups -OCH3 is 1. The third kappa shape index (κ3) is 4.13. The molecule has 0 fully saturated rings. The van der Waals surface area contributed by atoms with Crippen LogP contribution in [0.4, 0.5) is 0 Å². The van der Waals surface area contributed by atoms with E-state index in [1.165, 1.54) is 18.7 Å². The van der Waals surface area contributed by atoms with Crippen LogP contribution in [0, 0.1) is 0 Å². The van der Waals surface area contributed by atoms with Crippen molar-refractivity contribution in [3.63, 3.8) is 0 Å². The van der Waals surface area contributed by atoms with E-state index in [1.54, 1.807) is 48.1 Å². The van der Waals surface area contributed by atoms with E-state index in [4.69, 9.17) is 16.3 Å². The van der Waals surface area contributed by atoms with E-state index < -0.39 is 0 Å². The number of aromatic nitrogens is 2. The number of fused-ring (bicyclic) bond motifs is 1. The SMILES string of the molecule is C=CCn1c(SCc2cc(C(C)=O)ccc2OC)nc2cc(Cl)ccc2c1=O. The van der Waals surface area contributed by atoms with Crippen molar-refractivity contribution in [3.8, 4) is 5.75 Å². The van der Waals surface area contributed by atoms with Crippen molar-refractivity contribution in [2.45, 2.75) is 24.4 Å². The van der Waals surface area contributed by atoms with Crippen LogP contribution in [0.2, 0.25) is 5.02 Å². The highest BCUT2D eigenvalue weighted by atomic mass is 35.5. The molecule has 3 aromatic rings. The Morgan fingerprint density at radius 2 is 2.11 bits per heavy atom. The number of carbonyl (C=O) groups is 1. The number of thioether (sulfide) groups is 1. The molecule has 144 valence electrons. The summed E-state index contributed by atoms with van der Waals surface area (Å²) < 4.78 is 6.99. The van der Waals surface area contributed by atoms with Crippen molar-refractivity contribution in [1.82, 2.24) is 9.55 Å². The molecular formula is C21H19ClN2O3S. The first-order valence-corrected chi connectivity index (χ1v) is 9.92. The highest BCUT2D eigenvalue weighted by Crippen LogP contribution is 2.29. The van der Waals surface area contributed by atoms with Crippen LogP contribution in [0.25, 0.3) is 10.9 Å². The Kier molecular flexibility index (Phi) is 6.21. The third-order valence-corrected chi connectivity index (χ3v) is 5.50. The molecule has 0 aliphatic rings. The second kappa shape index (κ2) is 8.63. The quantitative estimate of drug-likeness (QED) is 0.242. The van der Waals surface area contributed by atoms with Crippen molar-refractivity contribution >= 4 is 40.0 Å². The monoisotopic (exact) mass is 414 g/mol. The molecule has 28 heavy (non-hydrogen) atoms. The van der Waals surface area contributed by atoms with E-state index in [0.29, 0.717) is 44.7 Å². The van der Waals surface area contributed by atoms with Crippen molar-refractivity contribution in [2.75, 3.05) is 7.11 Å². The van der Waals surface area contributed by atoms with Crippen molar-refractivity contribution in [3.05, 3.63) is 75.6 Å². The Labute approximate surface area is 172 Å². The van der Waals surface area contributed by atoms with Gasteiger partial charge in [0.25, 0.3) is 5.56 Å². The summed E-state index contributed by atoms with van der Waals surface area (Å²) in [5.74, 6) is 1.15. The number of nitrogens with zero attached hydrogens (tertiary/aromatic N) is 2. The van der Waals surface area contributed by atoms with E-state index in [2.05, 4.69) is 11.6 Å². The number of benzene rings is 2. The average molecular weight is 415 g/mol. The summed E-state index contributed by atoms with van der Waals surface area (Å²) in [6.07, 6.45) is 1.66. The summed E-state index contributed by atoms with van der Waals surface area (Å²) in [6, 6.07) is 10.4. The van der Waals surface area contributed by atoms with Crippen LogP contribution in [0.5, 0.6) is 5.75 Å². The largest absolute Gasteiger partial charge is 0.496 e. The Morgan fingerprint density at radius 1 is 1.32 bits per heavy atom. The van der Waals surface area contributed by atoms with Crippen molar-refractivity contribution in [1.29, 1.82) is 0 Å². The Balaban J connectivity index is 2.03. The minimum atomic E-state index is -0.145. The average Bonchev–Trinajstić information content (AvgIpc) is 2.68. The van der Waals surface area contributed by atoms with Crippen molar-refractivity contribution in [2.24, 2.45) is 0 Å². The van der Waals surface area contributed by atoms with Gasteiger partial charge in [0.2, 0.25) is 0 Å². The molecule has 0 unspecified atom stereocenters. The predicted octanol–water partition coefficient (Wildman–Crippen LogP) is 4.74. The zero-order chi connectivity index (χ0) is 20.3. The number of Topliss-reactive ketones (excluding diaryl/α,β-unsaturated/α-hetero) is 1. The van der Waals surface area contributed by atoms with Gasteiger partial charge in [0.15, 0.2) is 10.9 Å². The van der Waals surface area contributed by atoms with E-state index in [-0.39, 0.29) is 11.3 Å². The number of ketones is 1. The molecular weight excluding hydrogens is 396 g/mol. The van der Waals surface area contributed by atoms with Crippen LogP contribution in [0.3, 0.4) is 0 Å². The highest BCUT2D eigenvalue weighted by Gasteiger charge is 2.14. The smallest absolute Gasteiger partial charge is 0.262 e. The molecule has 0 aliphatic heterocycles. The maximum absolute atomic E-state index is 12.9. The summed E-state index contributed by atoms with van der Waals surface area (Å²) in [6.45, 7) is 5.60. The standard InChI is InChI=1S/C21H19ClN2O3S/c1-4-9-24-20(26)17-7-6-16(22)11-18(17)23-21(24)28-12-15-10-14(13(2)25)5-8-19(15)27-3/h4-8,10-11H,1,9,12H2,2-3H3. The van der Waals surface area contributed by atoms with Gasteiger partial charge in [-0.05, 0) is 43.3 Å². The van der Waals surface area contributed by atoms with Gasteiger partial charge in [0.05, 0.1) is 18.0 Å². The zero-order valence-electron chi connectivity index (χ0n) is 15.6. The Bertz CT molecular complexity index is 1120. The summed E-state index contributed by atoms with van der Waals surface area (Å²) >= 11 is 7.46. The van der Waals surface area contributed by atoms with Crippen LogP contribution in [-0.2, 0) is 12.3 Å². The fourth-order valence-corrected chi connectivity index (χ4v) is 3.98. The van der Waals surface area contributed by atoms with Crippen LogP contribution in [0.1, 0.15) is 22.8 Å². The molecule has 0 amide bonds. The molecule has 0 spiro atoms. The molecule has 0 aliphatic carbocycles. The summed E-state index contributed by atoms with van der Waals surface area (Å²) in [7, 11) is 1.58. The number of allylic oxidation sites excluding steroid dienone is 1. The maximum atomic E-state index is 12.9. The van der Waals surface area contributed by atoms with Gasteiger partial charge in [-0.15, -0.1) is 6.58 Å². The molecule has 0 bridgehead atoms. The molecule has 0 N–H and O–H groups in total. The maximum Gasteiger partial charge on any atom is 0.262 e. The predicted molar refractivity (Wildman–Crippen MR) is 114 cm³/mol. The van der Waals surface area contributed by atoms with Gasteiger partial charge in [-0.1, -0.05) is 29.4 Å². The normalized spacial score (nSPS) is 10.8. The van der Waals surface area contributed by atoms with E-state index >= 15 is 0 Å². The molecule has 2 aromatic carbocycles. The lowest BCUT2D eigenvalue weighted by atomic mass is 10.1. The molecule has 1 heterocycles. The lowest BCUT2D eigenvalue weighted by Crippen LogP contribution is -2.22. The number of rotatable bonds is 7. The van der Waals surface area contributed by atoms with Crippen LogP contribution < -0.4 is 10.3 Å². The first-order chi connectivity index (χ1) is 13.4. The number of halogens is 1. The minimum absolute atomic E-state index is 0.0176. The molecule has 3 rings (SSSR count). The highest BCUT2D eigenvalue weighted by molar-refractivity contribution is 7.98. The number of carbonyl (C=O) groups excluding carboxylic acids is 1. The molecule has 0 radical (unpaired) electrons. The lowest BCUT2D eigenvalue weighted by Gasteiger charge is -2.13. The topological polar surface area (TPSA) is 61.2 Å². The lowest BCUT2D eigenvalue weighted by molar-refractivity contribution is 0.101. The third-order valence-electron chi connectivity index (χ3n) is 4.24. The molecule has 0 atom stereocenters. The summed E-state index contributed by atoms with van der Waals surface area (Å²) in [5, 5.41) is 1.58.